The van der Waals surface area contributed by atoms with E-state index < -0.39 is 10.0 Å². The predicted molar refractivity (Wildman–Crippen MR) is 119 cm³/mol. The number of carbonyl (C=O) groups is 1. The van der Waals surface area contributed by atoms with Gasteiger partial charge in [0.25, 0.3) is 15.9 Å². The number of aryl methyl sites for hydroxylation is 1. The van der Waals surface area contributed by atoms with Crippen LogP contribution >= 0.6 is 11.3 Å². The molecule has 158 valence electrons. The highest BCUT2D eigenvalue weighted by Gasteiger charge is 2.22. The van der Waals surface area contributed by atoms with Gasteiger partial charge >= 0.3 is 0 Å². The van der Waals surface area contributed by atoms with E-state index in [1.54, 1.807) is 53.7 Å². The van der Waals surface area contributed by atoms with E-state index in [0.29, 0.717) is 18.0 Å². The van der Waals surface area contributed by atoms with Crippen LogP contribution in [0.5, 0.6) is 5.75 Å². The minimum absolute atomic E-state index is 0.0922. The third kappa shape index (κ3) is 5.01. The minimum Gasteiger partial charge on any atom is -0.484 e. The van der Waals surface area contributed by atoms with Gasteiger partial charge < -0.3 is 9.64 Å². The second kappa shape index (κ2) is 9.32. The number of hydrogen-bond acceptors (Lipinski definition) is 5. The zero-order valence-electron chi connectivity index (χ0n) is 17.1. The van der Waals surface area contributed by atoms with Crippen LogP contribution in [0.15, 0.2) is 70.3 Å². The molecule has 0 N–H and O–H groups in total. The molecule has 0 fully saturated rings. The van der Waals surface area contributed by atoms with E-state index in [1.165, 1.54) is 22.7 Å². The maximum atomic E-state index is 12.6. The Labute approximate surface area is 181 Å². The van der Waals surface area contributed by atoms with Gasteiger partial charge in [0.05, 0.1) is 5.69 Å². The average molecular weight is 445 g/mol. The van der Waals surface area contributed by atoms with Gasteiger partial charge in [0.1, 0.15) is 9.96 Å². The molecule has 0 aliphatic carbocycles. The van der Waals surface area contributed by atoms with E-state index in [-0.39, 0.29) is 16.7 Å². The number of carbonyl (C=O) groups excluding carboxylic acids is 1. The third-order valence-corrected chi connectivity index (χ3v) is 7.93. The predicted octanol–water partition coefficient (Wildman–Crippen LogP) is 3.92. The summed E-state index contributed by atoms with van der Waals surface area (Å²) in [5, 5.41) is 1.73. The molecular formula is C22H24N2O4S2. The molecule has 3 rings (SSSR count). The Hall–Kier alpha value is -2.84. The summed E-state index contributed by atoms with van der Waals surface area (Å²) < 4.78 is 32.3. The van der Waals surface area contributed by atoms with E-state index in [0.717, 1.165) is 11.1 Å². The molecule has 3 aromatic rings. The molecule has 0 aliphatic heterocycles. The Morgan fingerprint density at radius 2 is 1.70 bits per heavy atom. The van der Waals surface area contributed by atoms with E-state index in [2.05, 4.69) is 0 Å². The van der Waals surface area contributed by atoms with Crippen molar-refractivity contribution in [3.8, 4) is 5.75 Å². The smallest absolute Gasteiger partial charge is 0.273 e. The largest absolute Gasteiger partial charge is 0.484 e. The average Bonchev–Trinajstić information content (AvgIpc) is 3.29. The Morgan fingerprint density at radius 3 is 2.33 bits per heavy atom. The maximum Gasteiger partial charge on any atom is 0.273 e. The Kier molecular flexibility index (Phi) is 6.79. The van der Waals surface area contributed by atoms with Crippen LogP contribution in [-0.4, -0.2) is 39.9 Å². The molecule has 2 aromatic carbocycles. The van der Waals surface area contributed by atoms with Crippen molar-refractivity contribution in [3.05, 3.63) is 77.2 Å². The van der Waals surface area contributed by atoms with Crippen LogP contribution in [0.1, 0.15) is 11.1 Å². The summed E-state index contributed by atoms with van der Waals surface area (Å²) in [5.41, 5.74) is 2.74. The van der Waals surface area contributed by atoms with Crippen molar-refractivity contribution < 1.29 is 17.9 Å². The lowest BCUT2D eigenvalue weighted by atomic mass is 10.1. The molecule has 0 unspecified atom stereocenters. The van der Waals surface area contributed by atoms with E-state index in [1.807, 2.05) is 31.2 Å². The normalized spacial score (nSPS) is 11.2. The summed E-state index contributed by atoms with van der Waals surface area (Å²) in [4.78, 5) is 14.0. The summed E-state index contributed by atoms with van der Waals surface area (Å²) in [6.07, 6.45) is 0. The molecule has 0 atom stereocenters. The van der Waals surface area contributed by atoms with E-state index in [9.17, 15) is 13.2 Å². The number of benzene rings is 2. The fraction of sp³-hybridized carbons (Fsp3) is 0.227. The fourth-order valence-electron chi connectivity index (χ4n) is 2.82. The van der Waals surface area contributed by atoms with Crippen molar-refractivity contribution in [3.63, 3.8) is 0 Å². The zero-order chi connectivity index (χ0) is 21.7. The van der Waals surface area contributed by atoms with Gasteiger partial charge in [-0.1, -0.05) is 30.3 Å². The number of rotatable bonds is 8. The standard InChI is InChI=1S/C22H24N2O4S2/c1-17-7-4-5-8-18(17)15-23(2)21(25)16-28-20-12-10-19(11-13-20)24(3)30(26,27)22-9-6-14-29-22/h4-14H,15-16H2,1-3H3. The second-order valence-corrected chi connectivity index (χ2v) is 10.0. The summed E-state index contributed by atoms with van der Waals surface area (Å²) in [6, 6.07) is 17.8. The van der Waals surface area contributed by atoms with Crippen LogP contribution in [0.25, 0.3) is 0 Å². The summed E-state index contributed by atoms with van der Waals surface area (Å²) in [7, 11) is -0.331. The van der Waals surface area contributed by atoms with Gasteiger partial charge in [0.2, 0.25) is 0 Å². The van der Waals surface area contributed by atoms with Gasteiger partial charge in [-0.3, -0.25) is 9.10 Å². The molecule has 1 heterocycles. The lowest BCUT2D eigenvalue weighted by Gasteiger charge is -2.20. The van der Waals surface area contributed by atoms with Crippen LogP contribution in [0.3, 0.4) is 0 Å². The van der Waals surface area contributed by atoms with Crippen LogP contribution in [0.4, 0.5) is 5.69 Å². The quantitative estimate of drug-likeness (QED) is 0.528. The monoisotopic (exact) mass is 444 g/mol. The van der Waals surface area contributed by atoms with Crippen molar-refractivity contribution in [1.82, 2.24) is 4.90 Å². The first-order valence-electron chi connectivity index (χ1n) is 9.33. The molecule has 1 aromatic heterocycles. The van der Waals surface area contributed by atoms with E-state index in [4.69, 9.17) is 4.74 Å². The first-order chi connectivity index (χ1) is 14.3. The highest BCUT2D eigenvalue weighted by atomic mass is 32.2. The van der Waals surface area contributed by atoms with Crippen molar-refractivity contribution in [1.29, 1.82) is 0 Å². The number of ether oxygens (including phenoxy) is 1. The molecule has 8 heteroatoms. The third-order valence-electron chi connectivity index (χ3n) is 4.77. The van der Waals surface area contributed by atoms with Crippen molar-refractivity contribution in [2.45, 2.75) is 17.7 Å². The van der Waals surface area contributed by atoms with Crippen LogP contribution in [0, 0.1) is 6.92 Å². The molecule has 0 bridgehead atoms. The number of thiophene rings is 1. The minimum atomic E-state index is -3.58. The second-order valence-electron chi connectivity index (χ2n) is 6.86. The molecule has 6 nitrogen and oxygen atoms in total. The van der Waals surface area contributed by atoms with Crippen LogP contribution in [0.2, 0.25) is 0 Å². The van der Waals surface area contributed by atoms with Crippen LogP contribution < -0.4 is 9.04 Å². The number of likely N-dealkylation sites (N-methyl/N-ethyl adjacent to an activating group) is 1. The molecule has 0 aliphatic rings. The SMILES string of the molecule is Cc1ccccc1CN(C)C(=O)COc1ccc(N(C)S(=O)(=O)c2cccs2)cc1. The van der Waals surface area contributed by atoms with Crippen LogP contribution in [-0.2, 0) is 21.4 Å². The lowest BCUT2D eigenvalue weighted by Crippen LogP contribution is -2.31. The van der Waals surface area contributed by atoms with Crippen molar-refractivity contribution in [2.24, 2.45) is 0 Å². The number of amides is 1. The van der Waals surface area contributed by atoms with Gasteiger partial charge in [-0.25, -0.2) is 8.42 Å². The Morgan fingerprint density at radius 1 is 1.00 bits per heavy atom. The van der Waals surface area contributed by atoms with Gasteiger partial charge in [-0.2, -0.15) is 0 Å². The molecule has 1 amide bonds. The number of sulfonamides is 1. The van der Waals surface area contributed by atoms with Gasteiger partial charge in [-0.05, 0) is 53.8 Å². The molecule has 0 saturated carbocycles. The fourth-order valence-corrected chi connectivity index (χ4v) is 5.18. The number of anilines is 1. The number of hydrogen-bond donors (Lipinski definition) is 0. The molecule has 0 spiro atoms. The van der Waals surface area contributed by atoms with E-state index >= 15 is 0 Å². The summed E-state index contributed by atoms with van der Waals surface area (Å²) in [5.74, 6) is 0.359. The lowest BCUT2D eigenvalue weighted by molar-refractivity contribution is -0.132. The molecular weight excluding hydrogens is 420 g/mol. The molecule has 0 saturated heterocycles. The zero-order valence-corrected chi connectivity index (χ0v) is 18.7. The topological polar surface area (TPSA) is 66.9 Å². The summed E-state index contributed by atoms with van der Waals surface area (Å²) >= 11 is 1.17. The van der Waals surface area contributed by atoms with Gasteiger partial charge in [-0.15, -0.1) is 11.3 Å². The first-order valence-corrected chi connectivity index (χ1v) is 11.6. The van der Waals surface area contributed by atoms with Crippen molar-refractivity contribution in [2.75, 3.05) is 25.0 Å². The Balaban J connectivity index is 1.58. The summed E-state index contributed by atoms with van der Waals surface area (Å²) in [6.45, 7) is 2.44. The highest BCUT2D eigenvalue weighted by molar-refractivity contribution is 7.94. The first kappa shape index (κ1) is 21.9. The van der Waals surface area contributed by atoms with Gasteiger partial charge in [0, 0.05) is 20.6 Å². The molecule has 30 heavy (non-hydrogen) atoms. The Bertz CT molecular complexity index is 1090. The maximum absolute atomic E-state index is 12.6. The highest BCUT2D eigenvalue weighted by Crippen LogP contribution is 2.26. The molecule has 0 radical (unpaired) electrons. The van der Waals surface area contributed by atoms with Crippen molar-refractivity contribution >= 4 is 33.0 Å². The number of nitrogens with zero attached hydrogens (tertiary/aromatic N) is 2. The van der Waals surface area contributed by atoms with Gasteiger partial charge in [0.15, 0.2) is 6.61 Å².